The lowest BCUT2D eigenvalue weighted by Gasteiger charge is -2.13. The molecular formula is C19H19NO3. The van der Waals surface area contributed by atoms with Crippen molar-refractivity contribution in [3.8, 4) is 23.3 Å². The summed E-state index contributed by atoms with van der Waals surface area (Å²) >= 11 is 0. The Hall–Kier alpha value is -2.93. The Labute approximate surface area is 136 Å². The van der Waals surface area contributed by atoms with E-state index in [1.165, 1.54) is 0 Å². The summed E-state index contributed by atoms with van der Waals surface area (Å²) in [6.45, 7) is 4.50. The molecule has 23 heavy (non-hydrogen) atoms. The molecule has 4 heteroatoms. The molecule has 0 saturated carbocycles. The quantitative estimate of drug-likeness (QED) is 0.550. The molecular weight excluding hydrogens is 290 g/mol. The summed E-state index contributed by atoms with van der Waals surface area (Å²) in [5.74, 6) is 1.96. The molecule has 0 saturated heterocycles. The molecule has 0 fully saturated rings. The van der Waals surface area contributed by atoms with Gasteiger partial charge in [-0.1, -0.05) is 24.3 Å². The lowest BCUT2D eigenvalue weighted by atomic mass is 10.1. The second kappa shape index (κ2) is 8.50. The molecule has 2 aromatic carbocycles. The van der Waals surface area contributed by atoms with Gasteiger partial charge in [-0.15, -0.1) is 6.58 Å². The molecule has 2 rings (SSSR count). The van der Waals surface area contributed by atoms with Gasteiger partial charge in [0.05, 0.1) is 18.7 Å². The zero-order chi connectivity index (χ0) is 16.5. The third kappa shape index (κ3) is 4.52. The number of ether oxygens (including phenoxy) is 3. The van der Waals surface area contributed by atoms with Gasteiger partial charge in [0.1, 0.15) is 19.0 Å². The minimum absolute atomic E-state index is 0.355. The molecule has 0 bridgehead atoms. The van der Waals surface area contributed by atoms with Crippen molar-refractivity contribution in [1.82, 2.24) is 0 Å². The Bertz CT molecular complexity index is 704. The van der Waals surface area contributed by atoms with Crippen molar-refractivity contribution >= 4 is 0 Å². The first-order chi connectivity index (χ1) is 11.3. The van der Waals surface area contributed by atoms with Crippen LogP contribution in [0.2, 0.25) is 0 Å². The summed E-state index contributed by atoms with van der Waals surface area (Å²) in [6, 6.07) is 15.0. The second-order valence-electron chi connectivity index (χ2n) is 4.77. The van der Waals surface area contributed by atoms with Gasteiger partial charge in [-0.25, -0.2) is 0 Å². The number of allylic oxidation sites excluding steroid dienone is 1. The smallest absolute Gasteiger partial charge is 0.162 e. The van der Waals surface area contributed by atoms with Crippen LogP contribution >= 0.6 is 0 Å². The van der Waals surface area contributed by atoms with Crippen molar-refractivity contribution in [2.75, 3.05) is 20.3 Å². The third-order valence-corrected chi connectivity index (χ3v) is 3.23. The van der Waals surface area contributed by atoms with Gasteiger partial charge in [0.2, 0.25) is 0 Å². The van der Waals surface area contributed by atoms with Crippen LogP contribution in [0.25, 0.3) is 0 Å². The molecule has 0 radical (unpaired) electrons. The van der Waals surface area contributed by atoms with Crippen molar-refractivity contribution in [3.63, 3.8) is 0 Å². The van der Waals surface area contributed by atoms with Gasteiger partial charge in [-0.2, -0.15) is 5.26 Å². The third-order valence-electron chi connectivity index (χ3n) is 3.23. The molecule has 4 nitrogen and oxygen atoms in total. The van der Waals surface area contributed by atoms with E-state index in [-0.39, 0.29) is 0 Å². The number of nitriles is 1. The van der Waals surface area contributed by atoms with Crippen molar-refractivity contribution in [2.45, 2.75) is 6.42 Å². The maximum absolute atomic E-state index is 8.95. The van der Waals surface area contributed by atoms with Gasteiger partial charge in [0.25, 0.3) is 0 Å². The second-order valence-corrected chi connectivity index (χ2v) is 4.77. The number of hydrogen-bond acceptors (Lipinski definition) is 4. The fourth-order valence-corrected chi connectivity index (χ4v) is 2.13. The average molecular weight is 309 g/mol. The first-order valence-corrected chi connectivity index (χ1v) is 7.31. The molecule has 0 amide bonds. The lowest BCUT2D eigenvalue weighted by Crippen LogP contribution is -2.10. The summed E-state index contributed by atoms with van der Waals surface area (Å²) in [5.41, 5.74) is 1.62. The van der Waals surface area contributed by atoms with E-state index in [0.29, 0.717) is 30.3 Å². The van der Waals surface area contributed by atoms with E-state index < -0.39 is 0 Å². The van der Waals surface area contributed by atoms with Crippen LogP contribution in [-0.4, -0.2) is 20.3 Å². The molecule has 0 aromatic heterocycles. The van der Waals surface area contributed by atoms with Crippen LogP contribution in [0, 0.1) is 11.3 Å². The first-order valence-electron chi connectivity index (χ1n) is 7.31. The summed E-state index contributed by atoms with van der Waals surface area (Å²) in [4.78, 5) is 0. The molecule has 0 unspecified atom stereocenters. The van der Waals surface area contributed by atoms with Crippen LogP contribution in [-0.2, 0) is 6.42 Å². The number of benzene rings is 2. The van der Waals surface area contributed by atoms with Gasteiger partial charge in [0, 0.05) is 6.07 Å². The van der Waals surface area contributed by atoms with Crippen LogP contribution in [0.15, 0.2) is 55.1 Å². The number of para-hydroxylation sites is 1. The van der Waals surface area contributed by atoms with E-state index in [9.17, 15) is 0 Å². The summed E-state index contributed by atoms with van der Waals surface area (Å²) in [6.07, 6.45) is 2.60. The summed E-state index contributed by atoms with van der Waals surface area (Å²) in [7, 11) is 1.57. The molecule has 2 aromatic rings. The summed E-state index contributed by atoms with van der Waals surface area (Å²) < 4.78 is 16.7. The molecule has 0 heterocycles. The monoisotopic (exact) mass is 309 g/mol. The van der Waals surface area contributed by atoms with Crippen molar-refractivity contribution in [2.24, 2.45) is 0 Å². The Morgan fingerprint density at radius 1 is 1.04 bits per heavy atom. The van der Waals surface area contributed by atoms with Gasteiger partial charge < -0.3 is 14.2 Å². The summed E-state index contributed by atoms with van der Waals surface area (Å²) in [5, 5.41) is 8.95. The standard InChI is InChI=1S/C19H19NO3/c1-3-6-16-7-4-5-8-17(16)22-11-12-23-19-13-15(14-20)9-10-18(19)21-2/h3-5,7-10,13H,1,6,11-12H2,2H3. The minimum Gasteiger partial charge on any atom is -0.493 e. The highest BCUT2D eigenvalue weighted by Crippen LogP contribution is 2.27. The Kier molecular flexibility index (Phi) is 6.07. The molecule has 0 aliphatic rings. The van der Waals surface area contributed by atoms with Crippen molar-refractivity contribution in [1.29, 1.82) is 5.26 Å². The topological polar surface area (TPSA) is 51.5 Å². The van der Waals surface area contributed by atoms with Gasteiger partial charge in [-0.3, -0.25) is 0 Å². The van der Waals surface area contributed by atoms with E-state index in [4.69, 9.17) is 19.5 Å². The predicted octanol–water partition coefficient (Wildman–Crippen LogP) is 3.75. The average Bonchev–Trinajstić information content (AvgIpc) is 2.60. The van der Waals surface area contributed by atoms with Crippen LogP contribution < -0.4 is 14.2 Å². The SMILES string of the molecule is C=CCc1ccccc1OCCOc1cc(C#N)ccc1OC. The van der Waals surface area contributed by atoms with Crippen LogP contribution in [0.3, 0.4) is 0 Å². The van der Waals surface area contributed by atoms with E-state index >= 15 is 0 Å². The Balaban J connectivity index is 1.93. The minimum atomic E-state index is 0.355. The maximum atomic E-state index is 8.95. The van der Waals surface area contributed by atoms with Gasteiger partial charge >= 0.3 is 0 Å². The molecule has 0 atom stereocenters. The van der Waals surface area contributed by atoms with Gasteiger partial charge in [-0.05, 0) is 30.2 Å². The highest BCUT2D eigenvalue weighted by atomic mass is 16.5. The zero-order valence-electron chi connectivity index (χ0n) is 13.1. The molecule has 0 spiro atoms. The number of methoxy groups -OCH3 is 1. The molecule has 118 valence electrons. The van der Waals surface area contributed by atoms with Crippen LogP contribution in [0.5, 0.6) is 17.2 Å². The van der Waals surface area contributed by atoms with Crippen LogP contribution in [0.4, 0.5) is 0 Å². The van der Waals surface area contributed by atoms with Crippen LogP contribution in [0.1, 0.15) is 11.1 Å². The highest BCUT2D eigenvalue weighted by Gasteiger charge is 2.06. The number of nitrogens with zero attached hydrogens (tertiary/aromatic N) is 1. The maximum Gasteiger partial charge on any atom is 0.162 e. The first kappa shape index (κ1) is 16.4. The zero-order valence-corrected chi connectivity index (χ0v) is 13.1. The largest absolute Gasteiger partial charge is 0.493 e. The molecule has 0 N–H and O–H groups in total. The van der Waals surface area contributed by atoms with Crippen molar-refractivity contribution < 1.29 is 14.2 Å². The molecule has 0 aliphatic heterocycles. The van der Waals surface area contributed by atoms with E-state index in [0.717, 1.165) is 17.7 Å². The Morgan fingerprint density at radius 3 is 2.48 bits per heavy atom. The van der Waals surface area contributed by atoms with E-state index in [1.54, 1.807) is 25.3 Å². The highest BCUT2D eigenvalue weighted by molar-refractivity contribution is 5.46. The van der Waals surface area contributed by atoms with Gasteiger partial charge in [0.15, 0.2) is 11.5 Å². The van der Waals surface area contributed by atoms with E-state index in [1.807, 2.05) is 30.3 Å². The normalized spacial score (nSPS) is 9.74. The number of rotatable bonds is 8. The predicted molar refractivity (Wildman–Crippen MR) is 89.0 cm³/mol. The fourth-order valence-electron chi connectivity index (χ4n) is 2.13. The number of hydrogen-bond donors (Lipinski definition) is 0. The van der Waals surface area contributed by atoms with Crippen molar-refractivity contribution in [3.05, 3.63) is 66.2 Å². The Morgan fingerprint density at radius 2 is 1.78 bits per heavy atom. The molecule has 0 aliphatic carbocycles. The lowest BCUT2D eigenvalue weighted by molar-refractivity contribution is 0.210. The fraction of sp³-hybridized carbons (Fsp3) is 0.211. The van der Waals surface area contributed by atoms with E-state index in [2.05, 4.69) is 12.6 Å².